The minimum Gasteiger partial charge on any atom is -0.488 e. The highest BCUT2D eigenvalue weighted by Gasteiger charge is 2.36. The largest absolute Gasteiger partial charge is 0.488 e. The molecular weight excluding hydrogens is 536 g/mol. The van der Waals surface area contributed by atoms with Gasteiger partial charge in [0.25, 0.3) is 0 Å². The number of hydrogen-bond donors (Lipinski definition) is 0. The summed E-state index contributed by atoms with van der Waals surface area (Å²) in [6.07, 6.45) is 0.467. The van der Waals surface area contributed by atoms with E-state index in [1.165, 1.54) is 0 Å². The molecule has 1 heterocycles. The second-order valence-electron chi connectivity index (χ2n) is 8.95. The van der Waals surface area contributed by atoms with Crippen LogP contribution in [0.2, 0.25) is 0 Å². The van der Waals surface area contributed by atoms with Gasteiger partial charge in [-0.25, -0.2) is 0 Å². The molecule has 0 amide bonds. The van der Waals surface area contributed by atoms with Crippen LogP contribution in [0.4, 0.5) is 0 Å². The number of halogens is 1. The molecule has 3 aromatic rings. The van der Waals surface area contributed by atoms with E-state index >= 15 is 0 Å². The van der Waals surface area contributed by atoms with Gasteiger partial charge in [-0.05, 0) is 45.1 Å². The van der Waals surface area contributed by atoms with Crippen LogP contribution in [-0.2, 0) is 45.0 Å². The third-order valence-corrected chi connectivity index (χ3v) is 7.16. The first-order chi connectivity index (χ1) is 18.1. The molecule has 1 saturated heterocycles. The van der Waals surface area contributed by atoms with Gasteiger partial charge in [0.1, 0.15) is 36.9 Å². The molecule has 0 radical (unpaired) electrons. The molecule has 0 bridgehead atoms. The van der Waals surface area contributed by atoms with Crippen LogP contribution >= 0.6 is 15.9 Å². The van der Waals surface area contributed by atoms with Crippen LogP contribution in [0.15, 0.2) is 71.2 Å². The first kappa shape index (κ1) is 27.6. The van der Waals surface area contributed by atoms with Crippen LogP contribution in [0.5, 0.6) is 11.5 Å². The molecule has 7 heteroatoms. The fourth-order valence-corrected chi connectivity index (χ4v) is 5.05. The monoisotopic (exact) mass is 570 g/mol. The summed E-state index contributed by atoms with van der Waals surface area (Å²) >= 11 is 3.83. The molecule has 0 unspecified atom stereocenters. The number of hydrogen-bond acceptors (Lipinski definition) is 6. The standard InChI is InChI=1S/C30H35BrO6/c1-4-24-25(34-17-21-11-7-5-8-12-21)15-23(16-28-36-26(19-32-2)27(37-28)20-33-3)29(31)30(24)35-18-22-13-9-6-10-14-22/h5-15,26-28H,4,16-20H2,1-3H3/t26-,27-/m1/s1. The zero-order valence-electron chi connectivity index (χ0n) is 21.7. The van der Waals surface area contributed by atoms with Crippen molar-refractivity contribution in [2.75, 3.05) is 27.4 Å². The first-order valence-corrected chi connectivity index (χ1v) is 13.4. The summed E-state index contributed by atoms with van der Waals surface area (Å²) in [5.74, 6) is 1.58. The summed E-state index contributed by atoms with van der Waals surface area (Å²) in [6.45, 7) is 3.92. The Bertz CT molecular complexity index is 1090. The Morgan fingerprint density at radius 3 is 1.84 bits per heavy atom. The smallest absolute Gasteiger partial charge is 0.162 e. The van der Waals surface area contributed by atoms with Crippen molar-refractivity contribution in [2.24, 2.45) is 0 Å². The van der Waals surface area contributed by atoms with Crippen LogP contribution in [0.25, 0.3) is 0 Å². The predicted molar refractivity (Wildman–Crippen MR) is 146 cm³/mol. The Balaban J connectivity index is 1.61. The Labute approximate surface area is 227 Å². The first-order valence-electron chi connectivity index (χ1n) is 12.6. The Morgan fingerprint density at radius 1 is 0.784 bits per heavy atom. The number of ether oxygens (including phenoxy) is 6. The van der Waals surface area contributed by atoms with E-state index in [0.717, 1.165) is 44.6 Å². The van der Waals surface area contributed by atoms with Crippen LogP contribution in [0.1, 0.15) is 29.2 Å². The molecule has 0 aliphatic carbocycles. The lowest BCUT2D eigenvalue weighted by molar-refractivity contribution is -0.0753. The van der Waals surface area contributed by atoms with Crippen molar-refractivity contribution in [3.05, 3.63) is 93.5 Å². The van der Waals surface area contributed by atoms with Crippen LogP contribution < -0.4 is 9.47 Å². The maximum atomic E-state index is 6.41. The van der Waals surface area contributed by atoms with Gasteiger partial charge >= 0.3 is 0 Å². The Hall–Kier alpha value is -2.42. The zero-order chi connectivity index (χ0) is 26.0. The molecule has 1 aliphatic rings. The fourth-order valence-electron chi connectivity index (χ4n) is 4.42. The van der Waals surface area contributed by atoms with E-state index in [9.17, 15) is 0 Å². The van der Waals surface area contributed by atoms with Gasteiger partial charge in [0.15, 0.2) is 6.29 Å². The van der Waals surface area contributed by atoms with Crippen molar-refractivity contribution in [1.29, 1.82) is 0 Å². The maximum absolute atomic E-state index is 6.41. The third kappa shape index (κ3) is 7.33. The molecule has 0 aromatic heterocycles. The lowest BCUT2D eigenvalue weighted by atomic mass is 10.0. The molecule has 4 rings (SSSR count). The summed E-state index contributed by atoms with van der Waals surface area (Å²) in [5.41, 5.74) is 4.21. The Morgan fingerprint density at radius 2 is 1.32 bits per heavy atom. The summed E-state index contributed by atoms with van der Waals surface area (Å²) in [4.78, 5) is 0. The maximum Gasteiger partial charge on any atom is 0.162 e. The van der Waals surface area contributed by atoms with Crippen molar-refractivity contribution in [2.45, 2.75) is 51.5 Å². The molecule has 2 atom stereocenters. The SMILES string of the molecule is CCc1c(OCc2ccccc2)cc(CC2O[C@H](COC)[C@@H](COC)O2)c(Br)c1OCc1ccccc1. The van der Waals surface area contributed by atoms with Crippen LogP contribution in [0.3, 0.4) is 0 Å². The van der Waals surface area contributed by atoms with E-state index < -0.39 is 6.29 Å². The number of methoxy groups -OCH3 is 2. The van der Waals surface area contributed by atoms with Gasteiger partial charge in [-0.2, -0.15) is 0 Å². The third-order valence-electron chi connectivity index (χ3n) is 6.29. The van der Waals surface area contributed by atoms with Gasteiger partial charge in [-0.3, -0.25) is 0 Å². The molecule has 198 valence electrons. The van der Waals surface area contributed by atoms with Crippen molar-refractivity contribution in [1.82, 2.24) is 0 Å². The summed E-state index contributed by atoms with van der Waals surface area (Å²) < 4.78 is 36.7. The summed E-state index contributed by atoms with van der Waals surface area (Å²) in [7, 11) is 3.32. The minimum absolute atomic E-state index is 0.189. The predicted octanol–water partition coefficient (Wildman–Crippen LogP) is 6.11. The normalized spacial score (nSPS) is 17.7. The molecule has 0 spiro atoms. The average molecular weight is 572 g/mol. The molecule has 3 aromatic carbocycles. The Kier molecular flexibility index (Phi) is 10.4. The van der Waals surface area contributed by atoms with Gasteiger partial charge in [-0.15, -0.1) is 0 Å². The fraction of sp³-hybridized carbons (Fsp3) is 0.400. The quantitative estimate of drug-likeness (QED) is 0.247. The van der Waals surface area contributed by atoms with Gasteiger partial charge in [0, 0.05) is 26.2 Å². The molecule has 6 nitrogen and oxygen atoms in total. The zero-order valence-corrected chi connectivity index (χ0v) is 23.2. The van der Waals surface area contributed by atoms with Gasteiger partial charge in [0.05, 0.1) is 17.7 Å². The lowest BCUT2D eigenvalue weighted by Crippen LogP contribution is -2.30. The van der Waals surface area contributed by atoms with Crippen molar-refractivity contribution < 1.29 is 28.4 Å². The number of rotatable bonds is 13. The van der Waals surface area contributed by atoms with Gasteiger partial charge < -0.3 is 28.4 Å². The molecule has 0 saturated carbocycles. The highest BCUT2D eigenvalue weighted by molar-refractivity contribution is 9.10. The van der Waals surface area contributed by atoms with E-state index in [2.05, 4.69) is 53.2 Å². The van der Waals surface area contributed by atoms with E-state index in [1.807, 2.05) is 36.4 Å². The molecule has 0 N–H and O–H groups in total. The molecular formula is C30H35BrO6. The minimum atomic E-state index is -0.437. The van der Waals surface area contributed by atoms with Crippen LogP contribution in [0, 0.1) is 0 Å². The van der Waals surface area contributed by atoms with Gasteiger partial charge in [-0.1, -0.05) is 67.6 Å². The van der Waals surface area contributed by atoms with Gasteiger partial charge in [0.2, 0.25) is 0 Å². The van der Waals surface area contributed by atoms with Crippen molar-refractivity contribution in [3.63, 3.8) is 0 Å². The van der Waals surface area contributed by atoms with Crippen molar-refractivity contribution >= 4 is 15.9 Å². The molecule has 1 fully saturated rings. The molecule has 37 heavy (non-hydrogen) atoms. The summed E-state index contributed by atoms with van der Waals surface area (Å²) in [5, 5.41) is 0. The van der Waals surface area contributed by atoms with E-state index in [-0.39, 0.29) is 12.2 Å². The highest BCUT2D eigenvalue weighted by atomic mass is 79.9. The summed E-state index contributed by atoms with van der Waals surface area (Å²) in [6, 6.07) is 22.4. The second-order valence-corrected chi connectivity index (χ2v) is 9.74. The molecule has 1 aliphatic heterocycles. The lowest BCUT2D eigenvalue weighted by Gasteiger charge is -2.21. The highest BCUT2D eigenvalue weighted by Crippen LogP contribution is 2.41. The topological polar surface area (TPSA) is 55.4 Å². The van der Waals surface area contributed by atoms with E-state index in [4.69, 9.17) is 28.4 Å². The second kappa shape index (κ2) is 13.9. The average Bonchev–Trinajstić information content (AvgIpc) is 3.30. The number of benzene rings is 3. The van der Waals surface area contributed by atoms with E-state index in [1.54, 1.807) is 14.2 Å². The van der Waals surface area contributed by atoms with E-state index in [0.29, 0.717) is 32.8 Å². The van der Waals surface area contributed by atoms with Crippen LogP contribution in [-0.4, -0.2) is 45.9 Å². The van der Waals surface area contributed by atoms with Crippen molar-refractivity contribution in [3.8, 4) is 11.5 Å².